The number of hydrogen-bond acceptors (Lipinski definition) is 8. The van der Waals surface area contributed by atoms with Crippen molar-refractivity contribution in [3.8, 4) is 16.9 Å². The van der Waals surface area contributed by atoms with Crippen LogP contribution in [0.3, 0.4) is 0 Å². The molecule has 3 amide bonds. The van der Waals surface area contributed by atoms with Gasteiger partial charge in [0.25, 0.3) is 0 Å². The molecule has 5 aromatic carbocycles. The Hall–Kier alpha value is -6.76. The number of para-hydroxylation sites is 1. The first-order valence-electron chi connectivity index (χ1n) is 22.2. The summed E-state index contributed by atoms with van der Waals surface area (Å²) in [5, 5.41) is 20.6. The van der Waals surface area contributed by atoms with Crippen molar-refractivity contribution in [2.45, 2.75) is 64.0 Å². The fraction of sp³-hybridized carbons (Fsp3) is 0.308. The van der Waals surface area contributed by atoms with Crippen molar-refractivity contribution in [3.05, 3.63) is 160 Å². The molecule has 7 rings (SSSR count). The minimum atomic E-state index is -0.462. The summed E-state index contributed by atoms with van der Waals surface area (Å²) >= 11 is 0. The maximum absolute atomic E-state index is 13.2. The maximum Gasteiger partial charge on any atom is 0.411 e. The van der Waals surface area contributed by atoms with Crippen LogP contribution in [-0.2, 0) is 40.0 Å². The number of ether oxygens (including phenoxy) is 1. The van der Waals surface area contributed by atoms with Gasteiger partial charge in [0.2, 0.25) is 17.4 Å². The second kappa shape index (κ2) is 22.0. The topological polar surface area (TPSA) is 156 Å². The summed E-state index contributed by atoms with van der Waals surface area (Å²) in [6, 6.07) is 40.6. The van der Waals surface area contributed by atoms with E-state index in [9.17, 15) is 24.3 Å². The van der Waals surface area contributed by atoms with E-state index in [2.05, 4.69) is 57.0 Å². The first-order chi connectivity index (χ1) is 31.1. The molecule has 0 spiro atoms. The number of H-pyrrole nitrogens is 1. The Morgan fingerprint density at radius 3 is 2.38 bits per heavy atom. The molecular formula is C52H58N6O6. The molecule has 0 unspecified atom stereocenters. The van der Waals surface area contributed by atoms with Crippen LogP contribution in [0.25, 0.3) is 22.0 Å². The maximum atomic E-state index is 13.2. The van der Waals surface area contributed by atoms with Crippen LogP contribution in [0.4, 0.5) is 16.2 Å². The van der Waals surface area contributed by atoms with Crippen LogP contribution < -0.4 is 26.4 Å². The number of piperidine rings is 1. The van der Waals surface area contributed by atoms with E-state index >= 15 is 0 Å². The normalized spacial score (nSPS) is 13.6. The highest BCUT2D eigenvalue weighted by molar-refractivity contribution is 5.93. The Morgan fingerprint density at radius 1 is 0.828 bits per heavy atom. The highest BCUT2D eigenvalue weighted by Crippen LogP contribution is 2.28. The lowest BCUT2D eigenvalue weighted by atomic mass is 10.0. The summed E-state index contributed by atoms with van der Waals surface area (Å²) in [4.78, 5) is 57.2. The largest absolute Gasteiger partial charge is 0.506 e. The van der Waals surface area contributed by atoms with Crippen molar-refractivity contribution in [1.29, 1.82) is 0 Å². The summed E-state index contributed by atoms with van der Waals surface area (Å²) in [5.74, 6) is 0.0233. The zero-order valence-corrected chi connectivity index (χ0v) is 36.6. The molecule has 1 fully saturated rings. The number of carbonyl (C=O) groups is 3. The number of fused-ring (bicyclic) bond motifs is 1. The van der Waals surface area contributed by atoms with Crippen molar-refractivity contribution >= 4 is 40.2 Å². The number of phenolic OH excluding ortho intramolecular Hbond substituents is 1. The Kier molecular flexibility index (Phi) is 15.6. The number of aromatic amines is 1. The third kappa shape index (κ3) is 12.7. The average molecular weight is 863 g/mol. The fourth-order valence-electron chi connectivity index (χ4n) is 8.31. The lowest BCUT2D eigenvalue weighted by Crippen LogP contribution is -2.40. The van der Waals surface area contributed by atoms with Gasteiger partial charge in [0.15, 0.2) is 0 Å². The van der Waals surface area contributed by atoms with E-state index in [1.165, 1.54) is 11.6 Å². The van der Waals surface area contributed by atoms with Crippen molar-refractivity contribution in [1.82, 2.24) is 20.5 Å². The molecule has 1 atom stereocenters. The van der Waals surface area contributed by atoms with Crippen LogP contribution in [0.1, 0.15) is 48.4 Å². The number of likely N-dealkylation sites (tertiary alicyclic amines) is 1. The van der Waals surface area contributed by atoms with Gasteiger partial charge in [-0.05, 0) is 104 Å². The molecule has 0 bridgehead atoms. The Labute approximate surface area is 374 Å². The van der Waals surface area contributed by atoms with Gasteiger partial charge in [0.05, 0.1) is 17.6 Å². The van der Waals surface area contributed by atoms with Gasteiger partial charge in [-0.15, -0.1) is 0 Å². The van der Waals surface area contributed by atoms with Crippen molar-refractivity contribution < 1.29 is 24.2 Å². The molecule has 1 aromatic heterocycles. The quantitative estimate of drug-likeness (QED) is 0.0591. The molecule has 0 radical (unpaired) electrons. The highest BCUT2D eigenvalue weighted by atomic mass is 16.6. The third-order valence-electron chi connectivity index (χ3n) is 11.9. The second-order valence-corrected chi connectivity index (χ2v) is 16.6. The number of nitrogens with one attached hydrogen (secondary N) is 4. The molecule has 1 aliphatic heterocycles. The van der Waals surface area contributed by atoms with Gasteiger partial charge in [0.1, 0.15) is 11.9 Å². The average Bonchev–Trinajstić information content (AvgIpc) is 3.30. The van der Waals surface area contributed by atoms with E-state index in [1.54, 1.807) is 24.1 Å². The number of carbonyl (C=O) groups excluding carboxylic acids is 3. The van der Waals surface area contributed by atoms with Crippen LogP contribution in [-0.4, -0.2) is 84.8 Å². The predicted octanol–water partition coefficient (Wildman–Crippen LogP) is 7.63. The smallest absolute Gasteiger partial charge is 0.411 e. The van der Waals surface area contributed by atoms with E-state index < -0.39 is 6.09 Å². The molecule has 1 aliphatic rings. The van der Waals surface area contributed by atoms with Gasteiger partial charge in [-0.3, -0.25) is 19.7 Å². The zero-order chi connectivity index (χ0) is 44.8. The number of amides is 3. The van der Waals surface area contributed by atoms with E-state index in [0.29, 0.717) is 43.6 Å². The summed E-state index contributed by atoms with van der Waals surface area (Å²) in [6.45, 7) is 5.54. The number of rotatable bonds is 18. The Balaban J connectivity index is 0.769. The molecule has 0 aliphatic carbocycles. The highest BCUT2D eigenvalue weighted by Gasteiger charge is 2.24. The molecule has 64 heavy (non-hydrogen) atoms. The molecule has 5 N–H and O–H groups in total. The number of pyridine rings is 1. The summed E-state index contributed by atoms with van der Waals surface area (Å²) in [7, 11) is 1.78. The van der Waals surface area contributed by atoms with Gasteiger partial charge in [-0.25, -0.2) is 4.79 Å². The van der Waals surface area contributed by atoms with E-state index in [4.69, 9.17) is 4.74 Å². The van der Waals surface area contributed by atoms with E-state index in [1.807, 2.05) is 84.9 Å². The summed E-state index contributed by atoms with van der Waals surface area (Å²) in [6.07, 6.45) is 3.70. The first kappa shape index (κ1) is 45.3. The number of aromatic nitrogens is 1. The van der Waals surface area contributed by atoms with Crippen molar-refractivity contribution in [2.24, 2.45) is 0 Å². The molecule has 1 saturated heterocycles. The fourth-order valence-corrected chi connectivity index (χ4v) is 8.31. The summed E-state index contributed by atoms with van der Waals surface area (Å²) in [5.41, 5.74) is 7.96. The molecule has 6 aromatic rings. The zero-order valence-electron chi connectivity index (χ0n) is 36.6. The van der Waals surface area contributed by atoms with Crippen LogP contribution in [0.5, 0.6) is 5.75 Å². The number of hydrogen-bond donors (Lipinski definition) is 5. The number of anilines is 2. The molecule has 0 saturated carbocycles. The van der Waals surface area contributed by atoms with E-state index in [0.717, 1.165) is 77.8 Å². The monoisotopic (exact) mass is 862 g/mol. The van der Waals surface area contributed by atoms with Gasteiger partial charge >= 0.3 is 6.09 Å². The van der Waals surface area contributed by atoms with Crippen molar-refractivity contribution in [3.63, 3.8) is 0 Å². The van der Waals surface area contributed by atoms with Crippen LogP contribution in [0, 0.1) is 0 Å². The van der Waals surface area contributed by atoms with Crippen LogP contribution in [0.15, 0.2) is 132 Å². The Bertz CT molecular complexity index is 2570. The summed E-state index contributed by atoms with van der Waals surface area (Å²) < 4.78 is 5.78. The van der Waals surface area contributed by atoms with Crippen LogP contribution >= 0.6 is 0 Å². The van der Waals surface area contributed by atoms with Gasteiger partial charge in [-0.1, -0.05) is 91.0 Å². The van der Waals surface area contributed by atoms with Gasteiger partial charge < -0.3 is 35.3 Å². The minimum Gasteiger partial charge on any atom is -0.506 e. The lowest BCUT2D eigenvalue weighted by molar-refractivity contribution is -0.120. The SMILES string of the molecule is C[C@H](Cc1cccc(CCNC(=O)Cc2ccc(N(C)C(=O)CCN3CCC(OC(=O)Nc4ccccc4-c4ccccc4)CC3)cc2)c1)NCCc1ccc(O)c2[nH]c(=O)ccc12. The molecule has 332 valence electrons. The standard InChI is InChI=1S/C52H58N6O6/c1-36(53-29-24-41-17-21-47(59)51-45(41)20-22-48(60)56-51)33-39-10-8-9-37(34-39)23-28-54-49(61)35-38-15-18-42(19-16-38)57(2)50(62)27-32-58-30-25-43(26-31-58)64-52(63)55-46-14-7-6-13-44(46)40-11-4-3-5-12-40/h3-22,34,36,43,53,59H,23-33,35H2,1-2H3,(H,54,61)(H,55,63)(H,56,60)/t36-/m1/s1. The first-order valence-corrected chi connectivity index (χ1v) is 22.2. The number of aromatic hydroxyl groups is 1. The number of benzene rings is 5. The molecule has 2 heterocycles. The Morgan fingerprint density at radius 2 is 1.58 bits per heavy atom. The van der Waals surface area contributed by atoms with Gasteiger partial charge in [-0.2, -0.15) is 0 Å². The number of phenols is 1. The lowest BCUT2D eigenvalue weighted by Gasteiger charge is -2.31. The molecule has 12 heteroatoms. The van der Waals surface area contributed by atoms with Gasteiger partial charge in [0, 0.05) is 68.4 Å². The number of nitrogens with zero attached hydrogens (tertiary/aromatic N) is 2. The van der Waals surface area contributed by atoms with Crippen LogP contribution in [0.2, 0.25) is 0 Å². The second-order valence-electron chi connectivity index (χ2n) is 16.6. The molecule has 12 nitrogen and oxygen atoms in total. The molecular weight excluding hydrogens is 805 g/mol. The van der Waals surface area contributed by atoms with E-state index in [-0.39, 0.29) is 41.7 Å². The predicted molar refractivity (Wildman–Crippen MR) is 254 cm³/mol. The van der Waals surface area contributed by atoms with Crippen molar-refractivity contribution in [2.75, 3.05) is 50.0 Å². The minimum absolute atomic E-state index is 0.00921. The third-order valence-corrected chi connectivity index (χ3v) is 11.9.